The standard InChI is InChI=1S/C21H22FN7O/c1-12-4-5-14(22)17-8-16(27-29(12)17)19-18-15(25-11-26-18)6-7-28(19)20-23-9-13(10-24-20)21(2,3)30/h4-5,8-11,19,30H,6-7H2,1-3H3,(H,25,26). The largest absolute Gasteiger partial charge is 0.386 e. The maximum Gasteiger partial charge on any atom is 0.226 e. The molecule has 4 aromatic rings. The zero-order valence-corrected chi connectivity index (χ0v) is 17.0. The molecule has 0 aromatic carbocycles. The number of aryl methyl sites for hydroxylation is 1. The number of H-pyrrole nitrogens is 1. The number of nitrogens with zero attached hydrogens (tertiary/aromatic N) is 6. The molecule has 0 spiro atoms. The van der Waals surface area contributed by atoms with Gasteiger partial charge in [0.05, 0.1) is 23.3 Å². The van der Waals surface area contributed by atoms with Crippen molar-refractivity contribution in [2.24, 2.45) is 0 Å². The van der Waals surface area contributed by atoms with Crippen LogP contribution >= 0.6 is 0 Å². The normalized spacial score (nSPS) is 16.8. The molecule has 1 aliphatic heterocycles. The molecule has 154 valence electrons. The molecule has 4 aromatic heterocycles. The van der Waals surface area contributed by atoms with E-state index in [9.17, 15) is 9.50 Å². The highest BCUT2D eigenvalue weighted by Crippen LogP contribution is 2.35. The first-order chi connectivity index (χ1) is 14.3. The second kappa shape index (κ2) is 6.60. The summed E-state index contributed by atoms with van der Waals surface area (Å²) in [5.41, 5.74) is 3.40. The molecule has 8 nitrogen and oxygen atoms in total. The Morgan fingerprint density at radius 1 is 1.20 bits per heavy atom. The van der Waals surface area contributed by atoms with Gasteiger partial charge in [0.15, 0.2) is 0 Å². The highest BCUT2D eigenvalue weighted by atomic mass is 19.1. The minimum absolute atomic E-state index is 0.324. The third-order valence-corrected chi connectivity index (χ3v) is 5.58. The van der Waals surface area contributed by atoms with E-state index in [0.717, 1.165) is 23.5 Å². The van der Waals surface area contributed by atoms with Crippen LogP contribution in [0.3, 0.4) is 0 Å². The van der Waals surface area contributed by atoms with Gasteiger partial charge in [-0.25, -0.2) is 23.9 Å². The van der Waals surface area contributed by atoms with Crippen molar-refractivity contribution in [2.45, 2.75) is 38.8 Å². The molecule has 0 fully saturated rings. The zero-order chi connectivity index (χ0) is 21.0. The predicted molar refractivity (Wildman–Crippen MR) is 109 cm³/mol. The molecule has 2 N–H and O–H groups in total. The molecule has 5 rings (SSSR count). The molecule has 0 bridgehead atoms. The number of fused-ring (bicyclic) bond motifs is 2. The number of aromatic nitrogens is 6. The van der Waals surface area contributed by atoms with Gasteiger partial charge in [0.2, 0.25) is 5.95 Å². The van der Waals surface area contributed by atoms with Crippen LogP contribution in [-0.4, -0.2) is 41.2 Å². The molecule has 1 atom stereocenters. The quantitative estimate of drug-likeness (QED) is 0.542. The molecule has 9 heteroatoms. The number of pyridine rings is 1. The molecule has 5 heterocycles. The van der Waals surface area contributed by atoms with Gasteiger partial charge in [-0.2, -0.15) is 5.10 Å². The number of aromatic amines is 1. The van der Waals surface area contributed by atoms with Crippen LogP contribution in [0.1, 0.15) is 48.2 Å². The summed E-state index contributed by atoms with van der Waals surface area (Å²) in [6.45, 7) is 5.93. The smallest absolute Gasteiger partial charge is 0.226 e. The van der Waals surface area contributed by atoms with Gasteiger partial charge in [-0.1, -0.05) is 0 Å². The Hall–Kier alpha value is -3.33. The van der Waals surface area contributed by atoms with Gasteiger partial charge in [-0.05, 0) is 39.0 Å². The van der Waals surface area contributed by atoms with E-state index < -0.39 is 5.60 Å². The monoisotopic (exact) mass is 407 g/mol. The highest BCUT2D eigenvalue weighted by Gasteiger charge is 2.35. The minimum Gasteiger partial charge on any atom is -0.386 e. The summed E-state index contributed by atoms with van der Waals surface area (Å²) in [7, 11) is 0. The Bertz CT molecular complexity index is 1180. The van der Waals surface area contributed by atoms with E-state index in [1.54, 1.807) is 49.2 Å². The van der Waals surface area contributed by atoms with Crippen molar-refractivity contribution >= 4 is 11.5 Å². The average Bonchev–Trinajstić information content (AvgIpc) is 3.37. The molecule has 1 aliphatic rings. The number of halogens is 1. The fraction of sp³-hybridized carbons (Fsp3) is 0.333. The summed E-state index contributed by atoms with van der Waals surface area (Å²) in [5, 5.41) is 14.9. The second-order valence-corrected chi connectivity index (χ2v) is 8.13. The summed E-state index contributed by atoms with van der Waals surface area (Å²) in [4.78, 5) is 18.7. The topological polar surface area (TPSA) is 95.2 Å². The van der Waals surface area contributed by atoms with Crippen LogP contribution in [0.5, 0.6) is 0 Å². The van der Waals surface area contributed by atoms with Gasteiger partial charge in [0, 0.05) is 42.3 Å². The number of hydrogen-bond acceptors (Lipinski definition) is 6. The van der Waals surface area contributed by atoms with Gasteiger partial charge >= 0.3 is 0 Å². The second-order valence-electron chi connectivity index (χ2n) is 8.13. The Morgan fingerprint density at radius 2 is 1.97 bits per heavy atom. The van der Waals surface area contributed by atoms with Crippen LogP contribution in [0.4, 0.5) is 10.3 Å². The van der Waals surface area contributed by atoms with Crippen molar-refractivity contribution < 1.29 is 9.50 Å². The summed E-state index contributed by atoms with van der Waals surface area (Å²) >= 11 is 0. The zero-order valence-electron chi connectivity index (χ0n) is 17.0. The maximum absolute atomic E-state index is 14.4. The lowest BCUT2D eigenvalue weighted by Gasteiger charge is -2.34. The van der Waals surface area contributed by atoms with Gasteiger partial charge in [0.25, 0.3) is 0 Å². The fourth-order valence-electron chi connectivity index (χ4n) is 3.90. The summed E-state index contributed by atoms with van der Waals surface area (Å²) in [6.07, 6.45) is 5.68. The van der Waals surface area contributed by atoms with E-state index in [2.05, 4.69) is 19.9 Å². The van der Waals surface area contributed by atoms with Crippen LogP contribution in [0.25, 0.3) is 5.52 Å². The minimum atomic E-state index is -1.02. The number of aliphatic hydroxyl groups is 1. The van der Waals surface area contributed by atoms with Crippen LogP contribution in [0.2, 0.25) is 0 Å². The number of nitrogens with one attached hydrogen (secondary N) is 1. The van der Waals surface area contributed by atoms with Crippen molar-refractivity contribution in [1.82, 2.24) is 29.5 Å². The van der Waals surface area contributed by atoms with Crippen LogP contribution in [-0.2, 0) is 12.0 Å². The summed E-state index contributed by atoms with van der Waals surface area (Å²) in [6, 6.07) is 4.56. The van der Waals surface area contributed by atoms with Gasteiger partial charge < -0.3 is 15.0 Å². The van der Waals surface area contributed by atoms with Crippen LogP contribution in [0, 0.1) is 12.7 Å². The number of hydrogen-bond donors (Lipinski definition) is 2. The van der Waals surface area contributed by atoms with Gasteiger partial charge in [-0.3, -0.25) is 0 Å². The van der Waals surface area contributed by atoms with E-state index >= 15 is 0 Å². The molecule has 30 heavy (non-hydrogen) atoms. The Morgan fingerprint density at radius 3 is 2.67 bits per heavy atom. The lowest BCUT2D eigenvalue weighted by Crippen LogP contribution is -2.38. The van der Waals surface area contributed by atoms with Crippen LogP contribution in [0.15, 0.2) is 36.9 Å². The molecular formula is C21H22FN7O. The van der Waals surface area contributed by atoms with Crippen molar-refractivity contribution in [3.05, 3.63) is 71.1 Å². The lowest BCUT2D eigenvalue weighted by atomic mass is 10.00. The Balaban J connectivity index is 1.63. The van der Waals surface area contributed by atoms with Crippen molar-refractivity contribution in [3.8, 4) is 0 Å². The number of rotatable bonds is 3. The number of anilines is 1. The Labute approximate surface area is 172 Å². The van der Waals surface area contributed by atoms with Crippen molar-refractivity contribution in [3.63, 3.8) is 0 Å². The molecule has 0 aliphatic carbocycles. The SMILES string of the molecule is Cc1ccc(F)c2cc(C3c4nc[nH]c4CCN3c3ncc(C(C)(C)O)cn3)nn12. The molecule has 0 saturated carbocycles. The van der Waals surface area contributed by atoms with E-state index in [1.165, 1.54) is 6.07 Å². The molecular weight excluding hydrogens is 385 g/mol. The first-order valence-electron chi connectivity index (χ1n) is 9.81. The lowest BCUT2D eigenvalue weighted by molar-refractivity contribution is 0.0778. The molecule has 0 saturated heterocycles. The Kier molecular flexibility index (Phi) is 4.11. The van der Waals surface area contributed by atoms with E-state index in [1.807, 2.05) is 11.8 Å². The van der Waals surface area contributed by atoms with Crippen LogP contribution < -0.4 is 4.90 Å². The number of imidazole rings is 1. The highest BCUT2D eigenvalue weighted by molar-refractivity contribution is 5.54. The first-order valence-corrected chi connectivity index (χ1v) is 9.81. The third kappa shape index (κ3) is 2.93. The van der Waals surface area contributed by atoms with Crippen molar-refractivity contribution in [2.75, 3.05) is 11.4 Å². The van der Waals surface area contributed by atoms with E-state index in [0.29, 0.717) is 29.3 Å². The average molecular weight is 407 g/mol. The molecule has 1 unspecified atom stereocenters. The fourth-order valence-corrected chi connectivity index (χ4v) is 3.90. The van der Waals surface area contributed by atoms with Crippen molar-refractivity contribution in [1.29, 1.82) is 0 Å². The molecule has 0 radical (unpaired) electrons. The molecule has 0 amide bonds. The summed E-state index contributed by atoms with van der Waals surface area (Å²) in [5.74, 6) is 0.186. The maximum atomic E-state index is 14.4. The predicted octanol–water partition coefficient (Wildman–Crippen LogP) is 2.67. The van der Waals surface area contributed by atoms with Gasteiger partial charge in [0.1, 0.15) is 17.4 Å². The van der Waals surface area contributed by atoms with E-state index in [4.69, 9.17) is 5.10 Å². The first kappa shape index (κ1) is 18.7. The van der Waals surface area contributed by atoms with E-state index in [-0.39, 0.29) is 11.9 Å². The van der Waals surface area contributed by atoms with Gasteiger partial charge in [-0.15, -0.1) is 0 Å². The summed E-state index contributed by atoms with van der Waals surface area (Å²) < 4.78 is 16.0. The third-order valence-electron chi connectivity index (χ3n) is 5.58.